The average Bonchev–Trinajstić information content (AvgIpc) is 3.31. The second-order valence-corrected chi connectivity index (χ2v) is 10.8. The first-order chi connectivity index (χ1) is 17.3. The zero-order chi connectivity index (χ0) is 25.3. The predicted molar refractivity (Wildman–Crippen MR) is 134 cm³/mol. The Balaban J connectivity index is 1.12. The van der Waals surface area contributed by atoms with E-state index < -0.39 is 10.1 Å². The van der Waals surface area contributed by atoms with E-state index in [2.05, 4.69) is 15.5 Å². The van der Waals surface area contributed by atoms with Crippen LogP contribution in [0.3, 0.4) is 0 Å². The molecule has 3 aromatic carbocycles. The number of unbranched alkanes of at least 4 members (excludes halogenated alkanes) is 2. The minimum absolute atomic E-state index is 0.245. The van der Waals surface area contributed by atoms with Gasteiger partial charge in [-0.1, -0.05) is 42.0 Å². The van der Waals surface area contributed by atoms with Gasteiger partial charge in [0.2, 0.25) is 5.13 Å². The van der Waals surface area contributed by atoms with Gasteiger partial charge >= 0.3 is 0 Å². The molecule has 0 spiro atoms. The fourth-order valence-electron chi connectivity index (χ4n) is 4.24. The second-order valence-electron chi connectivity index (χ2n) is 8.39. The third kappa shape index (κ3) is 4.85. The molecule has 5 rings (SSSR count). The zero-order valence-corrected chi connectivity index (χ0v) is 20.6. The van der Waals surface area contributed by atoms with Crippen molar-refractivity contribution in [2.45, 2.75) is 30.6 Å². The number of aromatic nitrogens is 2. The van der Waals surface area contributed by atoms with Crippen molar-refractivity contribution in [3.63, 3.8) is 0 Å². The molecule has 0 saturated heterocycles. The van der Waals surface area contributed by atoms with Crippen molar-refractivity contribution >= 4 is 54.9 Å². The molecule has 0 unspecified atom stereocenters. The Kier molecular flexibility index (Phi) is 6.52. The Labute approximate surface area is 211 Å². The third-order valence-electron chi connectivity index (χ3n) is 5.99. The maximum Gasteiger partial charge on any atom is 0.261 e. The quantitative estimate of drug-likeness (QED) is 0.195. The van der Waals surface area contributed by atoms with E-state index in [1.807, 2.05) is 24.3 Å². The molecule has 0 aliphatic carbocycles. The largest absolute Gasteiger partial charge is 0.744 e. The second kappa shape index (κ2) is 9.76. The number of nitrogens with one attached hydrogen (secondary N) is 1. The van der Waals surface area contributed by atoms with E-state index in [-0.39, 0.29) is 16.7 Å². The van der Waals surface area contributed by atoms with Gasteiger partial charge in [-0.05, 0) is 54.6 Å². The molecule has 1 N–H and O–H groups in total. The highest BCUT2D eigenvalue weighted by Gasteiger charge is 2.32. The molecule has 2 amide bonds. The molecular formula is C25H21N4O5S2-. The molecule has 0 saturated carbocycles. The van der Waals surface area contributed by atoms with E-state index in [0.717, 1.165) is 28.6 Å². The fourth-order valence-corrected chi connectivity index (χ4v) is 5.51. The molecule has 2 heterocycles. The minimum Gasteiger partial charge on any atom is -0.744 e. The maximum absolute atomic E-state index is 13.0. The van der Waals surface area contributed by atoms with Gasteiger partial charge in [-0.25, -0.2) is 8.42 Å². The Bertz CT molecular complexity index is 1510. The summed E-state index contributed by atoms with van der Waals surface area (Å²) in [5.74, 6) is -0.491. The SMILES string of the molecule is O=C1c2cccc3cccc(c23)C(=O)N1CCCCCc1nnc(Nc2ccc(S(=O)(=O)[O-])cc2)s1. The summed E-state index contributed by atoms with van der Waals surface area (Å²) >= 11 is 1.38. The van der Waals surface area contributed by atoms with Crippen LogP contribution in [-0.2, 0) is 16.5 Å². The number of nitrogens with zero attached hydrogens (tertiary/aromatic N) is 3. The zero-order valence-electron chi connectivity index (χ0n) is 19.0. The Morgan fingerprint density at radius 3 is 2.17 bits per heavy atom. The molecule has 184 valence electrons. The number of hydrogen-bond acceptors (Lipinski definition) is 9. The van der Waals surface area contributed by atoms with Gasteiger partial charge in [0.15, 0.2) is 0 Å². The third-order valence-corrected chi connectivity index (χ3v) is 7.74. The van der Waals surface area contributed by atoms with Gasteiger partial charge in [-0.15, -0.1) is 10.2 Å². The lowest BCUT2D eigenvalue weighted by atomic mass is 9.94. The first-order valence-corrected chi connectivity index (χ1v) is 13.6. The molecule has 36 heavy (non-hydrogen) atoms. The highest BCUT2D eigenvalue weighted by atomic mass is 32.2. The van der Waals surface area contributed by atoms with Crippen molar-refractivity contribution in [2.75, 3.05) is 11.9 Å². The first-order valence-electron chi connectivity index (χ1n) is 11.3. The predicted octanol–water partition coefficient (Wildman–Crippen LogP) is 4.35. The van der Waals surface area contributed by atoms with Crippen molar-refractivity contribution in [1.29, 1.82) is 0 Å². The average molecular weight is 522 g/mol. The van der Waals surface area contributed by atoms with Crippen molar-refractivity contribution < 1.29 is 22.6 Å². The number of rotatable bonds is 9. The molecule has 1 aliphatic rings. The van der Waals surface area contributed by atoms with E-state index >= 15 is 0 Å². The van der Waals surface area contributed by atoms with Crippen LogP contribution in [-0.4, -0.2) is 46.4 Å². The molecule has 1 aromatic heterocycles. The highest BCUT2D eigenvalue weighted by molar-refractivity contribution is 7.85. The van der Waals surface area contributed by atoms with Crippen LogP contribution >= 0.6 is 11.3 Å². The Morgan fingerprint density at radius 1 is 0.861 bits per heavy atom. The summed E-state index contributed by atoms with van der Waals surface area (Å²) in [4.78, 5) is 27.0. The number of carbonyl (C=O) groups is 2. The van der Waals surface area contributed by atoms with Crippen molar-refractivity contribution in [1.82, 2.24) is 15.1 Å². The first kappa shape index (κ1) is 24.0. The normalized spacial score (nSPS) is 13.4. The number of anilines is 2. The van der Waals surface area contributed by atoms with Crippen LogP contribution in [0.1, 0.15) is 45.0 Å². The number of amides is 2. The molecule has 9 nitrogen and oxygen atoms in total. The van der Waals surface area contributed by atoms with E-state index in [9.17, 15) is 22.6 Å². The Morgan fingerprint density at radius 2 is 1.53 bits per heavy atom. The molecule has 11 heteroatoms. The van der Waals surface area contributed by atoms with E-state index in [0.29, 0.717) is 41.3 Å². The monoisotopic (exact) mass is 521 g/mol. The van der Waals surface area contributed by atoms with Crippen LogP contribution in [0.2, 0.25) is 0 Å². The molecule has 0 fully saturated rings. The lowest BCUT2D eigenvalue weighted by molar-refractivity contribution is 0.0607. The molecule has 4 aromatic rings. The van der Waals surface area contributed by atoms with Crippen molar-refractivity contribution in [2.24, 2.45) is 0 Å². The number of imide groups is 1. The number of aryl methyl sites for hydroxylation is 1. The lowest BCUT2D eigenvalue weighted by Gasteiger charge is -2.27. The van der Waals surface area contributed by atoms with Gasteiger partial charge < -0.3 is 9.87 Å². The van der Waals surface area contributed by atoms with E-state index in [1.54, 1.807) is 12.1 Å². The van der Waals surface area contributed by atoms with Crippen molar-refractivity contribution in [3.05, 3.63) is 76.8 Å². The molecular weight excluding hydrogens is 500 g/mol. The topological polar surface area (TPSA) is 132 Å². The van der Waals surface area contributed by atoms with Crippen LogP contribution < -0.4 is 5.32 Å². The van der Waals surface area contributed by atoms with Crippen LogP contribution in [0.15, 0.2) is 65.6 Å². The van der Waals surface area contributed by atoms with Gasteiger partial charge in [0.25, 0.3) is 11.8 Å². The van der Waals surface area contributed by atoms with Crippen LogP contribution in [0, 0.1) is 0 Å². The van der Waals surface area contributed by atoms with Crippen LogP contribution in [0.5, 0.6) is 0 Å². The number of carbonyl (C=O) groups excluding carboxylic acids is 2. The van der Waals surface area contributed by atoms with Gasteiger partial charge in [0.05, 0.1) is 4.90 Å². The smallest absolute Gasteiger partial charge is 0.261 e. The van der Waals surface area contributed by atoms with Gasteiger partial charge in [0, 0.05) is 35.2 Å². The number of hydrogen-bond donors (Lipinski definition) is 1. The molecule has 0 atom stereocenters. The summed E-state index contributed by atoms with van der Waals surface area (Å²) in [7, 11) is -4.48. The lowest BCUT2D eigenvalue weighted by Crippen LogP contribution is -2.40. The summed E-state index contributed by atoms with van der Waals surface area (Å²) in [5.41, 5.74) is 1.74. The standard InChI is InChI=1S/C25H22N4O5S2/c30-23-19-8-4-6-16-7-5-9-20(22(16)19)24(31)29(23)15-3-1-2-10-21-27-28-25(35-21)26-17-11-13-18(14-12-17)36(32,33)34/h4-9,11-14H,1-3,10,15H2,(H,26,28)(H,32,33,34)/p-1. The maximum atomic E-state index is 13.0. The van der Waals surface area contributed by atoms with Gasteiger partial charge in [0.1, 0.15) is 15.1 Å². The fraction of sp³-hybridized carbons (Fsp3) is 0.200. The van der Waals surface area contributed by atoms with E-state index in [1.165, 1.54) is 40.5 Å². The van der Waals surface area contributed by atoms with Crippen molar-refractivity contribution in [3.8, 4) is 0 Å². The highest BCUT2D eigenvalue weighted by Crippen LogP contribution is 2.30. The summed E-state index contributed by atoms with van der Waals surface area (Å²) in [6.45, 7) is 0.361. The minimum atomic E-state index is -4.48. The van der Waals surface area contributed by atoms with Gasteiger partial charge in [-0.2, -0.15) is 0 Å². The molecule has 0 radical (unpaired) electrons. The van der Waals surface area contributed by atoms with E-state index in [4.69, 9.17) is 0 Å². The number of benzene rings is 3. The molecule has 1 aliphatic heterocycles. The molecule has 0 bridgehead atoms. The van der Waals surface area contributed by atoms with Gasteiger partial charge in [-0.3, -0.25) is 14.5 Å². The summed E-state index contributed by atoms with van der Waals surface area (Å²) < 4.78 is 33.1. The van der Waals surface area contributed by atoms with Crippen LogP contribution in [0.4, 0.5) is 10.8 Å². The Hall–Kier alpha value is -3.67. The van der Waals surface area contributed by atoms with Crippen LogP contribution in [0.25, 0.3) is 10.8 Å². The summed E-state index contributed by atoms with van der Waals surface area (Å²) in [6.07, 6.45) is 3.04. The summed E-state index contributed by atoms with van der Waals surface area (Å²) in [6, 6.07) is 16.5. The summed E-state index contributed by atoms with van der Waals surface area (Å²) in [5, 5.41) is 14.3.